The molecule has 0 spiro atoms. The maximum atomic E-state index is 11.1. The van der Waals surface area contributed by atoms with E-state index in [0.717, 1.165) is 5.56 Å². The summed E-state index contributed by atoms with van der Waals surface area (Å²) in [4.78, 5) is 11.1. The van der Waals surface area contributed by atoms with E-state index in [1.54, 1.807) is 6.07 Å². The van der Waals surface area contributed by atoms with Crippen molar-refractivity contribution in [3.8, 4) is 0 Å². The Balaban J connectivity index is 3.23. The summed E-state index contributed by atoms with van der Waals surface area (Å²) in [6.45, 7) is 1.81. The highest BCUT2D eigenvalue weighted by molar-refractivity contribution is 6.34. The molecular formula is C8H10ClN3O. The van der Waals surface area contributed by atoms with Crippen LogP contribution in [0.3, 0.4) is 0 Å². The summed E-state index contributed by atoms with van der Waals surface area (Å²) in [5.74, 6) is 4.51. The highest BCUT2D eigenvalue weighted by Gasteiger charge is 2.10. The first kappa shape index (κ1) is 9.83. The lowest BCUT2D eigenvalue weighted by molar-refractivity contribution is 0.0954. The van der Waals surface area contributed by atoms with Gasteiger partial charge in [0.15, 0.2) is 0 Å². The molecule has 1 rings (SSSR count). The number of hydrazine groups is 1. The van der Waals surface area contributed by atoms with Crippen molar-refractivity contribution in [2.24, 2.45) is 5.84 Å². The van der Waals surface area contributed by atoms with Crippen LogP contribution in [0.25, 0.3) is 0 Å². The fourth-order valence-corrected chi connectivity index (χ4v) is 1.25. The van der Waals surface area contributed by atoms with Gasteiger partial charge in [0.05, 0.1) is 10.6 Å². The summed E-state index contributed by atoms with van der Waals surface area (Å²) in [7, 11) is 0. The molecule has 0 aliphatic carbocycles. The average molecular weight is 200 g/mol. The van der Waals surface area contributed by atoms with Crippen LogP contribution in [0.2, 0.25) is 5.02 Å². The Bertz CT molecular complexity index is 351. The number of amides is 1. The molecule has 0 unspecified atom stereocenters. The molecule has 0 radical (unpaired) electrons. The van der Waals surface area contributed by atoms with Crippen LogP contribution in [0.15, 0.2) is 12.1 Å². The Hall–Kier alpha value is -1.26. The number of benzene rings is 1. The molecule has 1 aromatic carbocycles. The number of nitrogens with one attached hydrogen (secondary N) is 1. The van der Waals surface area contributed by atoms with Crippen LogP contribution in [-0.4, -0.2) is 5.91 Å². The van der Waals surface area contributed by atoms with Crippen LogP contribution in [0.1, 0.15) is 15.9 Å². The van der Waals surface area contributed by atoms with Crippen LogP contribution in [0.5, 0.6) is 0 Å². The molecule has 5 heteroatoms. The largest absolute Gasteiger partial charge is 0.398 e. The fraction of sp³-hybridized carbons (Fsp3) is 0.125. The third-order valence-corrected chi connectivity index (χ3v) is 2.04. The highest BCUT2D eigenvalue weighted by Crippen LogP contribution is 2.22. The summed E-state index contributed by atoms with van der Waals surface area (Å²) in [5, 5.41) is 0.342. The number of halogens is 1. The summed E-state index contributed by atoms with van der Waals surface area (Å²) in [5.41, 5.74) is 9.23. The van der Waals surface area contributed by atoms with Crippen molar-refractivity contribution in [1.82, 2.24) is 5.43 Å². The summed E-state index contributed by atoms with van der Waals surface area (Å²) in [6.07, 6.45) is 0. The Morgan fingerprint density at radius 1 is 1.54 bits per heavy atom. The van der Waals surface area contributed by atoms with Crippen molar-refractivity contribution in [2.45, 2.75) is 6.92 Å². The van der Waals surface area contributed by atoms with Crippen molar-refractivity contribution in [1.29, 1.82) is 0 Å². The maximum absolute atomic E-state index is 11.1. The molecule has 0 aliphatic rings. The van der Waals surface area contributed by atoms with Crippen molar-refractivity contribution < 1.29 is 4.79 Å². The Labute approximate surface area is 80.8 Å². The van der Waals surface area contributed by atoms with E-state index in [-0.39, 0.29) is 5.56 Å². The van der Waals surface area contributed by atoms with E-state index in [9.17, 15) is 4.79 Å². The molecule has 4 nitrogen and oxygen atoms in total. The van der Waals surface area contributed by atoms with Crippen LogP contribution < -0.4 is 17.0 Å². The minimum atomic E-state index is -0.447. The number of carbonyl (C=O) groups excluding carboxylic acids is 1. The molecule has 1 amide bonds. The Kier molecular flexibility index (Phi) is 2.75. The van der Waals surface area contributed by atoms with Gasteiger partial charge in [0.25, 0.3) is 5.91 Å². The summed E-state index contributed by atoms with van der Waals surface area (Å²) < 4.78 is 0. The van der Waals surface area contributed by atoms with Gasteiger partial charge in [-0.2, -0.15) is 0 Å². The Morgan fingerprint density at radius 2 is 2.15 bits per heavy atom. The molecular weight excluding hydrogens is 190 g/mol. The monoisotopic (exact) mass is 199 g/mol. The second-order valence-corrected chi connectivity index (χ2v) is 3.07. The number of anilines is 1. The van der Waals surface area contributed by atoms with Crippen LogP contribution in [0.4, 0.5) is 5.69 Å². The minimum absolute atomic E-state index is 0.285. The van der Waals surface area contributed by atoms with Gasteiger partial charge in [0.2, 0.25) is 0 Å². The van der Waals surface area contributed by atoms with Gasteiger partial charge in [-0.25, -0.2) is 5.84 Å². The number of hydrogen-bond donors (Lipinski definition) is 3. The van der Waals surface area contributed by atoms with E-state index in [1.165, 1.54) is 6.07 Å². The molecule has 70 valence electrons. The van der Waals surface area contributed by atoms with Crippen molar-refractivity contribution in [3.05, 3.63) is 28.3 Å². The molecule has 0 atom stereocenters. The SMILES string of the molecule is Cc1cc(Cl)c(C(=O)NN)cc1N. The molecule has 0 aliphatic heterocycles. The smallest absolute Gasteiger partial charge is 0.266 e. The number of aryl methyl sites for hydroxylation is 1. The molecule has 0 saturated heterocycles. The quantitative estimate of drug-likeness (QED) is 0.271. The number of rotatable bonds is 1. The van der Waals surface area contributed by atoms with Gasteiger partial charge in [0.1, 0.15) is 0 Å². The molecule has 0 aromatic heterocycles. The number of carbonyl (C=O) groups is 1. The van der Waals surface area contributed by atoms with Gasteiger partial charge in [-0.05, 0) is 24.6 Å². The zero-order chi connectivity index (χ0) is 10.0. The molecule has 0 saturated carbocycles. The molecule has 1 aromatic rings. The van der Waals surface area contributed by atoms with Crippen LogP contribution in [-0.2, 0) is 0 Å². The molecule has 0 bridgehead atoms. The van der Waals surface area contributed by atoms with E-state index in [4.69, 9.17) is 23.2 Å². The van der Waals surface area contributed by atoms with E-state index in [2.05, 4.69) is 0 Å². The highest BCUT2D eigenvalue weighted by atomic mass is 35.5. The first-order valence-corrected chi connectivity index (χ1v) is 4.00. The van der Waals surface area contributed by atoms with Crippen molar-refractivity contribution in [3.63, 3.8) is 0 Å². The zero-order valence-electron chi connectivity index (χ0n) is 7.10. The van der Waals surface area contributed by atoms with Gasteiger partial charge in [-0.15, -0.1) is 0 Å². The first-order valence-electron chi connectivity index (χ1n) is 3.63. The number of hydrogen-bond acceptors (Lipinski definition) is 3. The van der Waals surface area contributed by atoms with E-state index >= 15 is 0 Å². The number of nitrogen functional groups attached to an aromatic ring is 2. The fourth-order valence-electron chi connectivity index (χ4n) is 0.941. The predicted octanol–water partition coefficient (Wildman–Crippen LogP) is 0.834. The molecule has 0 fully saturated rings. The van der Waals surface area contributed by atoms with Crippen molar-refractivity contribution >= 4 is 23.2 Å². The normalized spacial score (nSPS) is 9.77. The van der Waals surface area contributed by atoms with Crippen LogP contribution in [0, 0.1) is 6.92 Å². The topological polar surface area (TPSA) is 81.1 Å². The standard InChI is InChI=1S/C8H10ClN3O/c1-4-2-6(9)5(3-7(4)10)8(13)12-11/h2-3H,10-11H2,1H3,(H,12,13). The van der Waals surface area contributed by atoms with Gasteiger partial charge in [-0.3, -0.25) is 10.2 Å². The van der Waals surface area contributed by atoms with Crippen molar-refractivity contribution in [2.75, 3.05) is 5.73 Å². The first-order chi connectivity index (χ1) is 6.06. The molecule has 13 heavy (non-hydrogen) atoms. The van der Waals surface area contributed by atoms with Gasteiger partial charge in [-0.1, -0.05) is 11.6 Å². The predicted molar refractivity (Wildman–Crippen MR) is 52.3 cm³/mol. The lowest BCUT2D eigenvalue weighted by atomic mass is 10.1. The van der Waals surface area contributed by atoms with Gasteiger partial charge >= 0.3 is 0 Å². The third kappa shape index (κ3) is 1.91. The molecule has 5 N–H and O–H groups in total. The zero-order valence-corrected chi connectivity index (χ0v) is 7.85. The molecule has 0 heterocycles. The van der Waals surface area contributed by atoms with E-state index in [0.29, 0.717) is 10.7 Å². The summed E-state index contributed by atoms with van der Waals surface area (Å²) >= 11 is 5.80. The van der Waals surface area contributed by atoms with Crippen LogP contribution >= 0.6 is 11.6 Å². The second-order valence-electron chi connectivity index (χ2n) is 2.66. The lowest BCUT2D eigenvalue weighted by Crippen LogP contribution is -2.30. The minimum Gasteiger partial charge on any atom is -0.398 e. The average Bonchev–Trinajstić information content (AvgIpc) is 2.10. The van der Waals surface area contributed by atoms with E-state index in [1.807, 2.05) is 12.3 Å². The number of nitrogens with two attached hydrogens (primary N) is 2. The maximum Gasteiger partial charge on any atom is 0.266 e. The third-order valence-electron chi connectivity index (χ3n) is 1.73. The Morgan fingerprint density at radius 3 is 2.69 bits per heavy atom. The van der Waals surface area contributed by atoms with E-state index < -0.39 is 5.91 Å². The van der Waals surface area contributed by atoms with Gasteiger partial charge < -0.3 is 5.73 Å². The lowest BCUT2D eigenvalue weighted by Gasteiger charge is -2.06. The van der Waals surface area contributed by atoms with Gasteiger partial charge in [0, 0.05) is 5.69 Å². The second kappa shape index (κ2) is 3.64. The summed E-state index contributed by atoms with van der Waals surface area (Å²) in [6, 6.07) is 3.13.